The van der Waals surface area contributed by atoms with Crippen LogP contribution < -0.4 is 22.3 Å². The van der Waals surface area contributed by atoms with Crippen LogP contribution in [-0.4, -0.2) is 134 Å². The van der Waals surface area contributed by atoms with E-state index in [1.54, 1.807) is 19.2 Å². The van der Waals surface area contributed by atoms with Crippen LogP contribution in [0.5, 0.6) is 0 Å². The Morgan fingerprint density at radius 3 is 2.37 bits per heavy atom. The normalized spacial score (nSPS) is 32.7. The zero-order chi connectivity index (χ0) is 33.4. The molecule has 2 amide bonds. The highest BCUT2D eigenvalue weighted by atomic mass is 16.7. The number of benzene rings is 1. The molecule has 1 aromatic heterocycles. The summed E-state index contributed by atoms with van der Waals surface area (Å²) in [5, 5.41) is 46.1. The molecule has 1 aromatic carbocycles. The molecule has 17 nitrogen and oxygen atoms in total. The van der Waals surface area contributed by atoms with Crippen molar-refractivity contribution < 1.29 is 44.2 Å². The number of hydrogen-bond donors (Lipinski definition) is 7. The number of rotatable bonds is 8. The number of aliphatic hydroxyl groups excluding tert-OH is 4. The van der Waals surface area contributed by atoms with E-state index >= 15 is 0 Å². The lowest BCUT2D eigenvalue weighted by Gasteiger charge is -2.38. The number of nitrogens with two attached hydrogens (primary N) is 1. The third-order valence-electron chi connectivity index (χ3n) is 8.41. The highest BCUT2D eigenvalue weighted by Crippen LogP contribution is 2.36. The fourth-order valence-electron chi connectivity index (χ4n) is 5.78. The molecule has 8 unspecified atom stereocenters. The Balaban J connectivity index is 1.47. The van der Waals surface area contributed by atoms with E-state index in [0.717, 1.165) is 27.3 Å². The number of nitrogens with one attached hydrogen (secondary N) is 2. The molecule has 3 aliphatic rings. The van der Waals surface area contributed by atoms with Gasteiger partial charge in [-0.15, -0.1) is 0 Å². The van der Waals surface area contributed by atoms with E-state index in [-0.39, 0.29) is 18.8 Å². The third kappa shape index (κ3) is 6.41. The van der Waals surface area contributed by atoms with Gasteiger partial charge in [-0.3, -0.25) is 28.8 Å². The van der Waals surface area contributed by atoms with E-state index in [2.05, 4.69) is 5.32 Å². The van der Waals surface area contributed by atoms with Gasteiger partial charge in [0.1, 0.15) is 54.5 Å². The lowest BCUT2D eigenvalue weighted by Crippen LogP contribution is -2.59. The lowest BCUT2D eigenvalue weighted by atomic mass is 9.97. The molecular formula is C29H38N6O11. The number of carbonyl (C=O) groups excluding carboxylic acids is 2. The van der Waals surface area contributed by atoms with Gasteiger partial charge in [0.25, 0.3) is 11.5 Å². The summed E-state index contributed by atoms with van der Waals surface area (Å²) >= 11 is 0. The minimum atomic E-state index is -1.77. The summed E-state index contributed by atoms with van der Waals surface area (Å²) in [6, 6.07) is 6.76. The summed E-state index contributed by atoms with van der Waals surface area (Å²) in [6.45, 7) is 1.75. The molecule has 4 heterocycles. The number of anilines is 1. The van der Waals surface area contributed by atoms with Gasteiger partial charge in [0, 0.05) is 38.1 Å². The van der Waals surface area contributed by atoms with Gasteiger partial charge in [-0.1, -0.05) is 17.7 Å². The Hall–Kier alpha value is -3.78. The predicted molar refractivity (Wildman–Crippen MR) is 159 cm³/mol. The average molecular weight is 647 g/mol. The van der Waals surface area contributed by atoms with E-state index in [1.165, 1.54) is 18.0 Å². The van der Waals surface area contributed by atoms with Gasteiger partial charge in [-0.2, -0.15) is 0 Å². The van der Waals surface area contributed by atoms with Crippen molar-refractivity contribution in [2.75, 3.05) is 32.5 Å². The third-order valence-corrected chi connectivity index (χ3v) is 8.41. The van der Waals surface area contributed by atoms with Gasteiger partial charge in [-0.05, 0) is 32.2 Å². The molecule has 0 bridgehead atoms. The summed E-state index contributed by atoms with van der Waals surface area (Å²) in [5.41, 5.74) is 5.55. The Bertz CT molecular complexity index is 1580. The van der Waals surface area contributed by atoms with Gasteiger partial charge in [0.15, 0.2) is 12.5 Å². The topological polar surface area (TPSA) is 242 Å². The van der Waals surface area contributed by atoms with Crippen LogP contribution >= 0.6 is 0 Å². The lowest BCUT2D eigenvalue weighted by molar-refractivity contribution is -0.232. The van der Waals surface area contributed by atoms with Crippen molar-refractivity contribution in [2.24, 2.45) is 5.73 Å². The Morgan fingerprint density at radius 2 is 1.74 bits per heavy atom. The van der Waals surface area contributed by atoms with Crippen molar-refractivity contribution >= 4 is 17.5 Å². The summed E-state index contributed by atoms with van der Waals surface area (Å²) in [4.78, 5) is 56.3. The molecule has 0 saturated carbocycles. The summed E-state index contributed by atoms with van der Waals surface area (Å²) in [7, 11) is 2.93. The van der Waals surface area contributed by atoms with Gasteiger partial charge < -0.3 is 50.6 Å². The molecule has 2 saturated heterocycles. The largest absolute Gasteiger partial charge is 0.387 e. The molecule has 17 heteroatoms. The monoisotopic (exact) mass is 646 g/mol. The summed E-state index contributed by atoms with van der Waals surface area (Å²) in [5.74, 6) is -1.26. The van der Waals surface area contributed by atoms with E-state index in [4.69, 9.17) is 19.9 Å². The maximum absolute atomic E-state index is 14.2. The van der Waals surface area contributed by atoms with E-state index in [1.807, 2.05) is 24.0 Å². The van der Waals surface area contributed by atoms with Crippen molar-refractivity contribution in [3.63, 3.8) is 0 Å². The quantitative estimate of drug-likeness (QED) is 0.148. The number of aromatic nitrogens is 2. The number of H-pyrrole nitrogens is 1. The first kappa shape index (κ1) is 33.6. The number of ether oxygens (including phenoxy) is 3. The second-order valence-corrected chi connectivity index (χ2v) is 11.5. The fourth-order valence-corrected chi connectivity index (χ4v) is 5.78. The van der Waals surface area contributed by atoms with Crippen molar-refractivity contribution in [1.82, 2.24) is 19.4 Å². The average Bonchev–Trinajstić information content (AvgIpc) is 3.42. The number of aryl methyl sites for hydroxylation is 1. The predicted octanol–water partition coefficient (Wildman–Crippen LogP) is -3.45. The number of amides is 2. The molecule has 0 radical (unpaired) electrons. The van der Waals surface area contributed by atoms with Crippen LogP contribution in [0.15, 0.2) is 57.9 Å². The fraction of sp³-hybridized carbons (Fsp3) is 0.517. The van der Waals surface area contributed by atoms with E-state index < -0.39 is 84.4 Å². The highest BCUT2D eigenvalue weighted by Gasteiger charge is 2.55. The van der Waals surface area contributed by atoms with Crippen molar-refractivity contribution in [3.05, 3.63) is 74.7 Å². The van der Waals surface area contributed by atoms with Crippen LogP contribution in [0.25, 0.3) is 0 Å². The van der Waals surface area contributed by atoms with Gasteiger partial charge in [0.05, 0.1) is 0 Å². The molecule has 3 aliphatic heterocycles. The smallest absolute Gasteiger partial charge is 0.330 e. The van der Waals surface area contributed by atoms with Gasteiger partial charge in [-0.25, -0.2) is 4.79 Å². The maximum atomic E-state index is 14.2. The number of carbonyl (C=O) groups is 2. The minimum absolute atomic E-state index is 0.0139. The molecule has 8 N–H and O–H groups in total. The molecule has 0 aliphatic carbocycles. The van der Waals surface area contributed by atoms with Crippen LogP contribution in [0.4, 0.5) is 5.69 Å². The molecule has 46 heavy (non-hydrogen) atoms. The summed E-state index contributed by atoms with van der Waals surface area (Å²) in [6.07, 6.45) is -11.1. The second kappa shape index (κ2) is 13.5. The van der Waals surface area contributed by atoms with E-state index in [9.17, 15) is 39.6 Å². The first-order valence-corrected chi connectivity index (χ1v) is 14.6. The number of hydrogen-bond acceptors (Lipinski definition) is 13. The van der Waals surface area contributed by atoms with Crippen LogP contribution in [-0.2, 0) is 23.8 Å². The number of likely N-dealkylation sites (N-methyl/N-ethyl adjacent to an activating group) is 2. The number of aliphatic hydroxyl groups is 4. The van der Waals surface area contributed by atoms with Crippen molar-refractivity contribution in [1.29, 1.82) is 0 Å². The van der Waals surface area contributed by atoms with Crippen LogP contribution in [0.3, 0.4) is 0 Å². The van der Waals surface area contributed by atoms with Crippen molar-refractivity contribution in [3.8, 4) is 0 Å². The maximum Gasteiger partial charge on any atom is 0.330 e. The molecule has 2 fully saturated rings. The zero-order valence-electron chi connectivity index (χ0n) is 25.3. The SMILES string of the molecule is Cc1ccc(NC(=O)C2=CCN(C)[C@@H]([C@H](OC3OC(CN)C(O)C3O)C3OC(n4ccc(=O)[nH]c4=O)C(O)C3O)C(=O)N2C)cc1. The zero-order valence-corrected chi connectivity index (χ0v) is 25.3. The number of nitrogens with zero attached hydrogens (tertiary/aromatic N) is 3. The minimum Gasteiger partial charge on any atom is -0.387 e. The molecule has 0 spiro atoms. The Kier molecular flexibility index (Phi) is 9.87. The van der Waals surface area contributed by atoms with Crippen LogP contribution in [0.2, 0.25) is 0 Å². The number of aromatic amines is 1. The first-order chi connectivity index (χ1) is 21.8. The molecule has 10 atom stereocenters. The van der Waals surface area contributed by atoms with Crippen LogP contribution in [0, 0.1) is 6.92 Å². The van der Waals surface area contributed by atoms with Gasteiger partial charge in [0.2, 0.25) is 5.91 Å². The first-order valence-electron chi connectivity index (χ1n) is 14.6. The Morgan fingerprint density at radius 1 is 1.04 bits per heavy atom. The van der Waals surface area contributed by atoms with Crippen LogP contribution in [0.1, 0.15) is 11.8 Å². The van der Waals surface area contributed by atoms with Gasteiger partial charge >= 0.3 is 5.69 Å². The standard InChI is InChI=1S/C29H38N6O11/c1-13-4-6-14(7-5-13)31-25(41)15-8-10-33(2)18(26(42)34(15)3)23(46-28-22(40)19(37)16(12-30)44-28)24-20(38)21(39)27(45-24)35-11-9-17(36)32-29(35)43/h4-9,11,16,18-24,27-28,37-40H,10,12,30H2,1-3H3,(H,31,41)(H,32,36,43)/t16?,18-,19?,20?,21?,22?,23-,24?,27?,28?/m0/s1. The summed E-state index contributed by atoms with van der Waals surface area (Å²) < 4.78 is 18.6. The second-order valence-electron chi connectivity index (χ2n) is 11.5. The Labute approximate surface area is 262 Å². The molecule has 5 rings (SSSR count). The van der Waals surface area contributed by atoms with Crippen molar-refractivity contribution in [2.45, 2.75) is 68.2 Å². The molecule has 2 aromatic rings. The van der Waals surface area contributed by atoms with E-state index in [0.29, 0.717) is 5.69 Å². The highest BCUT2D eigenvalue weighted by molar-refractivity contribution is 6.06. The molecular weight excluding hydrogens is 608 g/mol. The molecule has 250 valence electrons.